The molecule has 0 spiro atoms. The normalized spacial score (nSPS) is 20.2. The van der Waals surface area contributed by atoms with E-state index in [0.29, 0.717) is 43.4 Å². The summed E-state index contributed by atoms with van der Waals surface area (Å²) in [5, 5.41) is 14.7. The number of amides is 2. The van der Waals surface area contributed by atoms with E-state index in [1.54, 1.807) is 24.3 Å². The Morgan fingerprint density at radius 2 is 1.71 bits per heavy atom. The zero-order valence-electron chi connectivity index (χ0n) is 13.9. The highest BCUT2D eigenvalue weighted by Gasteiger charge is 2.26. The standard InChI is InChI=1S/C18H24N2O4/c1-2-10-19-16(21)13-4-3-5-14(11-13)17(22)20-15-8-6-12(7-9-15)18(23)24/h3-5,11-12,15H,2,6-10H2,1H3,(H,19,21)(H,20,22)(H,23,24). The zero-order valence-corrected chi connectivity index (χ0v) is 13.9. The van der Waals surface area contributed by atoms with Crippen molar-refractivity contribution >= 4 is 17.8 Å². The second-order valence-electron chi connectivity index (χ2n) is 6.20. The summed E-state index contributed by atoms with van der Waals surface area (Å²) >= 11 is 0. The maximum Gasteiger partial charge on any atom is 0.306 e. The van der Waals surface area contributed by atoms with Gasteiger partial charge in [-0.25, -0.2) is 0 Å². The van der Waals surface area contributed by atoms with Gasteiger partial charge in [0, 0.05) is 23.7 Å². The Morgan fingerprint density at radius 1 is 1.08 bits per heavy atom. The van der Waals surface area contributed by atoms with E-state index in [2.05, 4.69) is 10.6 Å². The number of rotatable bonds is 6. The van der Waals surface area contributed by atoms with Crippen molar-refractivity contribution in [1.29, 1.82) is 0 Å². The van der Waals surface area contributed by atoms with Gasteiger partial charge in [0.1, 0.15) is 0 Å². The van der Waals surface area contributed by atoms with Crippen LogP contribution in [0.25, 0.3) is 0 Å². The Morgan fingerprint density at radius 3 is 2.29 bits per heavy atom. The minimum Gasteiger partial charge on any atom is -0.481 e. The minimum absolute atomic E-state index is 0.00864. The molecule has 1 aliphatic carbocycles. The van der Waals surface area contributed by atoms with Crippen LogP contribution in [-0.2, 0) is 4.79 Å². The molecule has 1 saturated carbocycles. The van der Waals surface area contributed by atoms with Crippen LogP contribution in [0.3, 0.4) is 0 Å². The van der Waals surface area contributed by atoms with Gasteiger partial charge in [-0.2, -0.15) is 0 Å². The molecule has 0 unspecified atom stereocenters. The van der Waals surface area contributed by atoms with Gasteiger partial charge in [-0.05, 0) is 50.3 Å². The summed E-state index contributed by atoms with van der Waals surface area (Å²) in [5.74, 6) is -1.47. The van der Waals surface area contributed by atoms with Crippen LogP contribution in [0.1, 0.15) is 59.7 Å². The van der Waals surface area contributed by atoms with Crippen LogP contribution in [0.5, 0.6) is 0 Å². The van der Waals surface area contributed by atoms with Crippen LogP contribution in [0, 0.1) is 5.92 Å². The summed E-state index contributed by atoms with van der Waals surface area (Å²) in [6, 6.07) is 6.63. The molecule has 24 heavy (non-hydrogen) atoms. The van der Waals surface area contributed by atoms with E-state index in [0.717, 1.165) is 6.42 Å². The van der Waals surface area contributed by atoms with E-state index in [4.69, 9.17) is 5.11 Å². The maximum atomic E-state index is 12.4. The molecular formula is C18H24N2O4. The van der Waals surface area contributed by atoms with Crippen molar-refractivity contribution in [2.75, 3.05) is 6.54 Å². The minimum atomic E-state index is -0.759. The molecule has 0 heterocycles. The van der Waals surface area contributed by atoms with E-state index in [-0.39, 0.29) is 23.8 Å². The molecule has 130 valence electrons. The molecule has 6 nitrogen and oxygen atoms in total. The second kappa shape index (κ2) is 8.47. The van der Waals surface area contributed by atoms with Crippen molar-refractivity contribution in [3.63, 3.8) is 0 Å². The molecule has 1 aromatic rings. The first-order chi connectivity index (χ1) is 11.5. The molecule has 0 saturated heterocycles. The van der Waals surface area contributed by atoms with Crippen molar-refractivity contribution in [3.8, 4) is 0 Å². The van der Waals surface area contributed by atoms with E-state index >= 15 is 0 Å². The topological polar surface area (TPSA) is 95.5 Å². The Hall–Kier alpha value is -2.37. The van der Waals surface area contributed by atoms with Crippen molar-refractivity contribution in [1.82, 2.24) is 10.6 Å². The van der Waals surface area contributed by atoms with Gasteiger partial charge >= 0.3 is 5.97 Å². The van der Waals surface area contributed by atoms with Crippen LogP contribution in [0.2, 0.25) is 0 Å². The number of carboxylic acid groups (broad SMARTS) is 1. The average Bonchev–Trinajstić information content (AvgIpc) is 2.60. The average molecular weight is 332 g/mol. The van der Waals surface area contributed by atoms with Crippen molar-refractivity contribution in [3.05, 3.63) is 35.4 Å². The predicted octanol–water partition coefficient (Wildman–Crippen LogP) is 2.20. The lowest BCUT2D eigenvalue weighted by atomic mass is 9.86. The Balaban J connectivity index is 1.93. The lowest BCUT2D eigenvalue weighted by molar-refractivity contribution is -0.142. The number of hydrogen-bond acceptors (Lipinski definition) is 3. The van der Waals surface area contributed by atoms with E-state index in [9.17, 15) is 14.4 Å². The molecule has 1 fully saturated rings. The number of carbonyl (C=O) groups excluding carboxylic acids is 2. The molecule has 0 aromatic heterocycles. The number of aliphatic carboxylic acids is 1. The molecule has 1 aliphatic rings. The molecule has 2 amide bonds. The fraction of sp³-hybridized carbons (Fsp3) is 0.500. The summed E-state index contributed by atoms with van der Waals surface area (Å²) in [5.41, 5.74) is 0.908. The van der Waals surface area contributed by atoms with Crippen LogP contribution < -0.4 is 10.6 Å². The van der Waals surface area contributed by atoms with E-state index in [1.165, 1.54) is 0 Å². The number of carboxylic acids is 1. The third-order valence-electron chi connectivity index (χ3n) is 4.33. The largest absolute Gasteiger partial charge is 0.481 e. The lowest BCUT2D eigenvalue weighted by Crippen LogP contribution is -2.38. The van der Waals surface area contributed by atoms with Gasteiger partial charge < -0.3 is 15.7 Å². The summed E-state index contributed by atoms with van der Waals surface area (Å²) in [4.78, 5) is 35.3. The van der Waals surface area contributed by atoms with Crippen LogP contribution in [-0.4, -0.2) is 35.5 Å². The highest BCUT2D eigenvalue weighted by Crippen LogP contribution is 2.24. The smallest absolute Gasteiger partial charge is 0.306 e. The van der Waals surface area contributed by atoms with Gasteiger partial charge in [0.2, 0.25) is 0 Å². The van der Waals surface area contributed by atoms with Crippen LogP contribution in [0.15, 0.2) is 24.3 Å². The summed E-state index contributed by atoms with van der Waals surface area (Å²) in [6.07, 6.45) is 3.35. The number of carbonyl (C=O) groups is 3. The van der Waals surface area contributed by atoms with Crippen molar-refractivity contribution in [2.45, 2.75) is 45.1 Å². The number of hydrogen-bond donors (Lipinski definition) is 3. The number of nitrogens with one attached hydrogen (secondary N) is 2. The molecular weight excluding hydrogens is 308 g/mol. The maximum absolute atomic E-state index is 12.4. The van der Waals surface area contributed by atoms with Crippen molar-refractivity contribution < 1.29 is 19.5 Å². The molecule has 6 heteroatoms. The monoisotopic (exact) mass is 332 g/mol. The van der Waals surface area contributed by atoms with Crippen LogP contribution in [0.4, 0.5) is 0 Å². The second-order valence-corrected chi connectivity index (χ2v) is 6.20. The molecule has 0 aliphatic heterocycles. The molecule has 0 radical (unpaired) electrons. The van der Waals surface area contributed by atoms with Gasteiger partial charge in [-0.15, -0.1) is 0 Å². The predicted molar refractivity (Wildman–Crippen MR) is 89.9 cm³/mol. The highest BCUT2D eigenvalue weighted by molar-refractivity contribution is 5.99. The molecule has 2 rings (SSSR count). The Bertz CT molecular complexity index is 607. The zero-order chi connectivity index (χ0) is 17.5. The summed E-state index contributed by atoms with van der Waals surface area (Å²) < 4.78 is 0. The first-order valence-corrected chi connectivity index (χ1v) is 8.43. The van der Waals surface area contributed by atoms with Crippen LogP contribution >= 0.6 is 0 Å². The van der Waals surface area contributed by atoms with E-state index < -0.39 is 5.97 Å². The van der Waals surface area contributed by atoms with Gasteiger partial charge in [-0.1, -0.05) is 13.0 Å². The molecule has 3 N–H and O–H groups in total. The van der Waals surface area contributed by atoms with Gasteiger partial charge in [0.25, 0.3) is 11.8 Å². The lowest BCUT2D eigenvalue weighted by Gasteiger charge is -2.26. The van der Waals surface area contributed by atoms with Gasteiger partial charge in [-0.3, -0.25) is 14.4 Å². The SMILES string of the molecule is CCCNC(=O)c1cccc(C(=O)NC2CCC(C(=O)O)CC2)c1. The van der Waals surface area contributed by atoms with E-state index in [1.807, 2.05) is 6.92 Å². The number of benzene rings is 1. The fourth-order valence-electron chi connectivity index (χ4n) is 2.90. The highest BCUT2D eigenvalue weighted by atomic mass is 16.4. The third kappa shape index (κ3) is 4.81. The first-order valence-electron chi connectivity index (χ1n) is 8.43. The Labute approximate surface area is 141 Å². The van der Waals surface area contributed by atoms with Crippen molar-refractivity contribution in [2.24, 2.45) is 5.92 Å². The van der Waals surface area contributed by atoms with Gasteiger partial charge in [0.15, 0.2) is 0 Å². The Kier molecular flexibility index (Phi) is 6.35. The summed E-state index contributed by atoms with van der Waals surface area (Å²) in [7, 11) is 0. The fourth-order valence-corrected chi connectivity index (χ4v) is 2.90. The molecule has 0 bridgehead atoms. The van der Waals surface area contributed by atoms with Gasteiger partial charge in [0.05, 0.1) is 5.92 Å². The molecule has 0 atom stereocenters. The molecule has 1 aromatic carbocycles. The quantitative estimate of drug-likeness (QED) is 0.744. The summed E-state index contributed by atoms with van der Waals surface area (Å²) in [6.45, 7) is 2.57. The third-order valence-corrected chi connectivity index (χ3v) is 4.33. The first kappa shape index (κ1) is 18.0.